The second-order valence-corrected chi connectivity index (χ2v) is 3.59. The monoisotopic (exact) mass is 216 g/mol. The van der Waals surface area contributed by atoms with Gasteiger partial charge in [0.05, 0.1) is 6.54 Å². The molecule has 0 aliphatic rings. The Bertz CT molecular complexity index is 562. The summed E-state index contributed by atoms with van der Waals surface area (Å²) in [4.78, 5) is 19.2. The number of rotatable bonds is 2. The first kappa shape index (κ1) is 10.4. The molecule has 2 aromatic rings. The van der Waals surface area contributed by atoms with Gasteiger partial charge in [0.1, 0.15) is 5.82 Å². The lowest BCUT2D eigenvalue weighted by Gasteiger charge is -2.07. The van der Waals surface area contributed by atoms with Crippen LogP contribution in [-0.2, 0) is 6.54 Å². The summed E-state index contributed by atoms with van der Waals surface area (Å²) in [6.07, 6.45) is 4.92. The van der Waals surface area contributed by atoms with E-state index in [1.54, 1.807) is 24.7 Å². The van der Waals surface area contributed by atoms with Crippen LogP contribution in [0.25, 0.3) is 0 Å². The van der Waals surface area contributed by atoms with E-state index < -0.39 is 0 Å². The maximum atomic E-state index is 11.5. The summed E-state index contributed by atoms with van der Waals surface area (Å²) in [5, 5.41) is 0. The highest BCUT2D eigenvalue weighted by Gasteiger charge is 2.02. The summed E-state index contributed by atoms with van der Waals surface area (Å²) in [6.45, 7) is 2.28. The molecule has 0 saturated heterocycles. The molecule has 0 atom stereocenters. The zero-order valence-corrected chi connectivity index (χ0v) is 8.92. The Morgan fingerprint density at radius 3 is 3.00 bits per heavy atom. The lowest BCUT2D eigenvalue weighted by Crippen LogP contribution is -2.23. The summed E-state index contributed by atoms with van der Waals surface area (Å²) in [7, 11) is 0. The van der Waals surface area contributed by atoms with E-state index >= 15 is 0 Å². The van der Waals surface area contributed by atoms with Gasteiger partial charge in [-0.2, -0.15) is 0 Å². The molecule has 0 radical (unpaired) electrons. The van der Waals surface area contributed by atoms with Crippen LogP contribution in [0.1, 0.15) is 11.1 Å². The Kier molecular flexibility index (Phi) is 2.68. The van der Waals surface area contributed by atoms with Crippen molar-refractivity contribution in [1.29, 1.82) is 0 Å². The Morgan fingerprint density at radius 2 is 2.25 bits per heavy atom. The van der Waals surface area contributed by atoms with E-state index in [9.17, 15) is 4.79 Å². The fourth-order valence-electron chi connectivity index (χ4n) is 1.45. The van der Waals surface area contributed by atoms with E-state index in [1.165, 1.54) is 4.57 Å². The molecule has 0 amide bonds. The van der Waals surface area contributed by atoms with Crippen LogP contribution in [-0.4, -0.2) is 14.5 Å². The van der Waals surface area contributed by atoms with Crippen molar-refractivity contribution in [2.24, 2.45) is 0 Å². The van der Waals surface area contributed by atoms with Crippen molar-refractivity contribution < 1.29 is 0 Å². The fourth-order valence-corrected chi connectivity index (χ4v) is 1.45. The van der Waals surface area contributed by atoms with E-state index in [0.717, 1.165) is 11.1 Å². The van der Waals surface area contributed by atoms with Gasteiger partial charge in [-0.05, 0) is 18.6 Å². The highest BCUT2D eigenvalue weighted by Crippen LogP contribution is 2.07. The zero-order chi connectivity index (χ0) is 11.5. The van der Waals surface area contributed by atoms with Crippen molar-refractivity contribution in [3.63, 3.8) is 0 Å². The molecule has 0 unspecified atom stereocenters. The second-order valence-electron chi connectivity index (χ2n) is 3.59. The molecule has 5 nitrogen and oxygen atoms in total. The average Bonchev–Trinajstić information content (AvgIpc) is 2.27. The van der Waals surface area contributed by atoms with Crippen molar-refractivity contribution in [2.75, 3.05) is 5.73 Å². The van der Waals surface area contributed by atoms with Crippen LogP contribution in [0.4, 0.5) is 5.82 Å². The Balaban J connectivity index is 2.38. The number of anilines is 1. The summed E-state index contributed by atoms with van der Waals surface area (Å²) in [6, 6.07) is 3.64. The summed E-state index contributed by atoms with van der Waals surface area (Å²) >= 11 is 0. The Hall–Kier alpha value is -2.17. The van der Waals surface area contributed by atoms with Gasteiger partial charge < -0.3 is 5.73 Å². The number of pyridine rings is 1. The summed E-state index contributed by atoms with van der Waals surface area (Å²) < 4.78 is 1.52. The van der Waals surface area contributed by atoms with Gasteiger partial charge in [-0.3, -0.25) is 4.57 Å². The quantitative estimate of drug-likeness (QED) is 0.796. The molecule has 0 bridgehead atoms. The molecule has 0 aromatic carbocycles. The lowest BCUT2D eigenvalue weighted by molar-refractivity contribution is 0.720. The van der Waals surface area contributed by atoms with Gasteiger partial charge >= 0.3 is 5.69 Å². The highest BCUT2D eigenvalue weighted by atomic mass is 16.1. The number of aryl methyl sites for hydroxylation is 1. The normalized spacial score (nSPS) is 10.3. The molecule has 2 N–H and O–H groups in total. The van der Waals surface area contributed by atoms with Crippen LogP contribution < -0.4 is 11.4 Å². The Morgan fingerprint density at radius 1 is 1.44 bits per heavy atom. The van der Waals surface area contributed by atoms with Crippen LogP contribution in [0, 0.1) is 6.92 Å². The van der Waals surface area contributed by atoms with Crippen LogP contribution in [0.2, 0.25) is 0 Å². The SMILES string of the molecule is Cc1cnc(=O)n(Cc2cccnc2N)c1. The van der Waals surface area contributed by atoms with E-state index in [2.05, 4.69) is 9.97 Å². The van der Waals surface area contributed by atoms with E-state index in [-0.39, 0.29) is 5.69 Å². The first-order valence-corrected chi connectivity index (χ1v) is 4.89. The maximum Gasteiger partial charge on any atom is 0.347 e. The fraction of sp³-hybridized carbons (Fsp3) is 0.182. The molecule has 2 aromatic heterocycles. The third-order valence-electron chi connectivity index (χ3n) is 2.25. The van der Waals surface area contributed by atoms with Crippen LogP contribution >= 0.6 is 0 Å². The molecule has 2 heterocycles. The Labute approximate surface area is 92.6 Å². The first-order chi connectivity index (χ1) is 7.66. The molecule has 2 rings (SSSR count). The zero-order valence-electron chi connectivity index (χ0n) is 8.92. The third-order valence-corrected chi connectivity index (χ3v) is 2.25. The van der Waals surface area contributed by atoms with Crippen molar-refractivity contribution in [3.05, 3.63) is 52.3 Å². The minimum atomic E-state index is -0.283. The predicted octanol–water partition coefficient (Wildman–Crippen LogP) is 0.577. The minimum absolute atomic E-state index is 0.283. The van der Waals surface area contributed by atoms with Crippen molar-refractivity contribution in [3.8, 4) is 0 Å². The van der Waals surface area contributed by atoms with Gasteiger partial charge in [0, 0.05) is 24.2 Å². The first-order valence-electron chi connectivity index (χ1n) is 4.89. The smallest absolute Gasteiger partial charge is 0.347 e. The lowest BCUT2D eigenvalue weighted by atomic mass is 10.2. The van der Waals surface area contributed by atoms with Crippen LogP contribution in [0.3, 0.4) is 0 Å². The number of nitrogen functional groups attached to an aromatic ring is 1. The minimum Gasteiger partial charge on any atom is -0.383 e. The van der Waals surface area contributed by atoms with Gasteiger partial charge in [-0.25, -0.2) is 14.8 Å². The standard InChI is InChI=1S/C11H12N4O/c1-8-5-14-11(16)15(6-8)7-9-3-2-4-13-10(9)12/h2-6H,7H2,1H3,(H2,12,13). The number of nitrogens with two attached hydrogens (primary N) is 1. The van der Waals surface area contributed by atoms with Gasteiger partial charge in [0.25, 0.3) is 0 Å². The summed E-state index contributed by atoms with van der Waals surface area (Å²) in [5.41, 5.74) is 7.18. The van der Waals surface area contributed by atoms with Gasteiger partial charge in [0.15, 0.2) is 0 Å². The summed E-state index contributed by atoms with van der Waals surface area (Å²) in [5.74, 6) is 0.441. The molecule has 0 aliphatic heterocycles. The topological polar surface area (TPSA) is 73.8 Å². The van der Waals surface area contributed by atoms with E-state index in [1.807, 2.05) is 13.0 Å². The number of nitrogens with zero attached hydrogens (tertiary/aromatic N) is 3. The van der Waals surface area contributed by atoms with Gasteiger partial charge in [-0.15, -0.1) is 0 Å². The second kappa shape index (κ2) is 4.14. The largest absolute Gasteiger partial charge is 0.383 e. The van der Waals surface area contributed by atoms with E-state index in [0.29, 0.717) is 12.4 Å². The molecule has 0 aliphatic carbocycles. The predicted molar refractivity (Wildman–Crippen MR) is 61.0 cm³/mol. The van der Waals surface area contributed by atoms with Crippen LogP contribution in [0.15, 0.2) is 35.5 Å². The maximum absolute atomic E-state index is 11.5. The molecule has 16 heavy (non-hydrogen) atoms. The third kappa shape index (κ3) is 2.08. The number of hydrogen-bond donors (Lipinski definition) is 1. The van der Waals surface area contributed by atoms with Gasteiger partial charge in [0.2, 0.25) is 0 Å². The van der Waals surface area contributed by atoms with Gasteiger partial charge in [-0.1, -0.05) is 6.07 Å². The number of aromatic nitrogens is 3. The van der Waals surface area contributed by atoms with Crippen molar-refractivity contribution >= 4 is 5.82 Å². The van der Waals surface area contributed by atoms with Crippen molar-refractivity contribution in [1.82, 2.24) is 14.5 Å². The molecular formula is C11H12N4O. The molecule has 0 saturated carbocycles. The van der Waals surface area contributed by atoms with E-state index in [4.69, 9.17) is 5.73 Å². The average molecular weight is 216 g/mol. The number of hydrogen-bond acceptors (Lipinski definition) is 4. The van der Waals surface area contributed by atoms with Crippen LogP contribution in [0.5, 0.6) is 0 Å². The molecular weight excluding hydrogens is 204 g/mol. The highest BCUT2D eigenvalue weighted by molar-refractivity contribution is 5.38. The molecule has 5 heteroatoms. The molecule has 0 spiro atoms. The van der Waals surface area contributed by atoms with Crippen molar-refractivity contribution in [2.45, 2.75) is 13.5 Å². The molecule has 82 valence electrons. The molecule has 0 fully saturated rings.